The zero-order valence-electron chi connectivity index (χ0n) is 13.4. The maximum Gasteiger partial charge on any atom is 0.331 e. The van der Waals surface area contributed by atoms with Crippen LogP contribution in [-0.4, -0.2) is 59.6 Å². The zero-order chi connectivity index (χ0) is 16.6. The molecule has 7 heteroatoms. The van der Waals surface area contributed by atoms with Crippen molar-refractivity contribution in [1.82, 2.24) is 10.2 Å². The van der Waals surface area contributed by atoms with Gasteiger partial charge in [-0.25, -0.2) is 4.79 Å². The van der Waals surface area contributed by atoms with Gasteiger partial charge in [0, 0.05) is 39.0 Å². The van der Waals surface area contributed by atoms with Gasteiger partial charge in [0.25, 0.3) is 0 Å². The Balaban J connectivity index is 2.47. The van der Waals surface area contributed by atoms with Gasteiger partial charge in [-0.3, -0.25) is 9.59 Å². The third kappa shape index (κ3) is 4.98. The zero-order valence-corrected chi connectivity index (χ0v) is 13.4. The third-order valence-electron chi connectivity index (χ3n) is 3.72. The van der Waals surface area contributed by atoms with Crippen LogP contribution in [-0.2, 0) is 19.1 Å². The highest BCUT2D eigenvalue weighted by atomic mass is 16.5. The van der Waals surface area contributed by atoms with Crippen LogP contribution in [0.25, 0.3) is 0 Å². The first-order chi connectivity index (χ1) is 10.4. The number of rotatable bonds is 9. The molecule has 7 nitrogen and oxygen atoms in total. The van der Waals surface area contributed by atoms with E-state index in [1.165, 1.54) is 0 Å². The smallest absolute Gasteiger partial charge is 0.331 e. The number of hydrogen-bond acceptors (Lipinski definition) is 4. The monoisotopic (exact) mass is 314 g/mol. The second-order valence-corrected chi connectivity index (χ2v) is 5.62. The Labute approximate surface area is 131 Å². The third-order valence-corrected chi connectivity index (χ3v) is 3.72. The molecule has 1 rings (SSSR count). The Morgan fingerprint density at radius 3 is 2.27 bits per heavy atom. The van der Waals surface area contributed by atoms with E-state index in [1.54, 1.807) is 4.90 Å². The minimum atomic E-state index is -1.34. The largest absolute Gasteiger partial charge is 0.479 e. The van der Waals surface area contributed by atoms with Crippen molar-refractivity contribution in [3.63, 3.8) is 0 Å². The number of hydrogen-bond donors (Lipinski definition) is 2. The van der Waals surface area contributed by atoms with Crippen molar-refractivity contribution in [1.29, 1.82) is 0 Å². The summed E-state index contributed by atoms with van der Waals surface area (Å²) in [7, 11) is 0. The molecule has 0 aromatic rings. The summed E-state index contributed by atoms with van der Waals surface area (Å²) >= 11 is 0. The van der Waals surface area contributed by atoms with Crippen molar-refractivity contribution in [2.75, 3.05) is 26.3 Å². The molecule has 1 fully saturated rings. The molecule has 1 atom stereocenters. The summed E-state index contributed by atoms with van der Waals surface area (Å²) in [6.45, 7) is 5.65. The van der Waals surface area contributed by atoms with Gasteiger partial charge < -0.3 is 20.1 Å². The first-order valence-corrected chi connectivity index (χ1v) is 7.85. The van der Waals surface area contributed by atoms with Crippen LogP contribution in [0.2, 0.25) is 0 Å². The topological polar surface area (TPSA) is 95.9 Å². The summed E-state index contributed by atoms with van der Waals surface area (Å²) in [6.07, 6.45) is 2.09. The lowest BCUT2D eigenvalue weighted by Gasteiger charge is -2.24. The number of carbonyl (C=O) groups excluding carboxylic acids is 2. The van der Waals surface area contributed by atoms with Crippen LogP contribution in [0.1, 0.15) is 46.0 Å². The molecule has 1 heterocycles. The first-order valence-electron chi connectivity index (χ1n) is 7.85. The Morgan fingerprint density at radius 2 is 1.82 bits per heavy atom. The SMILES string of the molecule is CCCN(CCC)C(=O)CCC(=O)NC1(C(=O)O)CCOC1. The highest BCUT2D eigenvalue weighted by Gasteiger charge is 2.43. The first kappa shape index (κ1) is 18.4. The predicted octanol–water partition coefficient (Wildman–Crippen LogP) is 0.775. The van der Waals surface area contributed by atoms with Crippen molar-refractivity contribution in [2.24, 2.45) is 0 Å². The quantitative estimate of drug-likeness (QED) is 0.655. The van der Waals surface area contributed by atoms with Gasteiger partial charge in [-0.05, 0) is 12.8 Å². The maximum atomic E-state index is 12.1. The van der Waals surface area contributed by atoms with Crippen molar-refractivity contribution < 1.29 is 24.2 Å². The molecule has 2 N–H and O–H groups in total. The van der Waals surface area contributed by atoms with Gasteiger partial charge in [-0.1, -0.05) is 13.8 Å². The molecular formula is C15H26N2O5. The van der Waals surface area contributed by atoms with Gasteiger partial charge in [0.15, 0.2) is 5.54 Å². The number of amides is 2. The maximum absolute atomic E-state index is 12.1. The molecule has 1 unspecified atom stereocenters. The number of ether oxygens (including phenoxy) is 1. The van der Waals surface area contributed by atoms with E-state index >= 15 is 0 Å². The molecule has 0 bridgehead atoms. The standard InChI is InChI=1S/C15H26N2O5/c1-3-8-17(9-4-2)13(19)6-5-12(18)16-15(14(20)21)7-10-22-11-15/h3-11H2,1-2H3,(H,16,18)(H,20,21). The molecule has 0 aromatic carbocycles. The number of nitrogens with zero attached hydrogens (tertiary/aromatic N) is 1. The fourth-order valence-electron chi connectivity index (χ4n) is 2.49. The fraction of sp³-hybridized carbons (Fsp3) is 0.800. The summed E-state index contributed by atoms with van der Waals surface area (Å²) in [5.74, 6) is -1.58. The van der Waals surface area contributed by atoms with Crippen LogP contribution in [0.15, 0.2) is 0 Å². The fourth-order valence-corrected chi connectivity index (χ4v) is 2.49. The molecule has 2 amide bonds. The molecule has 0 radical (unpaired) electrons. The van der Waals surface area contributed by atoms with E-state index in [2.05, 4.69) is 5.32 Å². The van der Waals surface area contributed by atoms with Gasteiger partial charge in [-0.15, -0.1) is 0 Å². The second kappa shape index (κ2) is 8.73. The summed E-state index contributed by atoms with van der Waals surface area (Å²) in [6, 6.07) is 0. The molecule has 126 valence electrons. The lowest BCUT2D eigenvalue weighted by Crippen LogP contribution is -2.55. The van der Waals surface area contributed by atoms with E-state index < -0.39 is 17.4 Å². The lowest BCUT2D eigenvalue weighted by molar-refractivity contribution is -0.147. The molecule has 0 aromatic heterocycles. The van der Waals surface area contributed by atoms with Crippen LogP contribution >= 0.6 is 0 Å². The highest BCUT2D eigenvalue weighted by Crippen LogP contribution is 2.19. The summed E-state index contributed by atoms with van der Waals surface area (Å²) < 4.78 is 5.08. The molecule has 1 saturated heterocycles. The van der Waals surface area contributed by atoms with Gasteiger partial charge in [0.05, 0.1) is 6.61 Å². The van der Waals surface area contributed by atoms with Crippen molar-refractivity contribution >= 4 is 17.8 Å². The van der Waals surface area contributed by atoms with Crippen LogP contribution in [0.4, 0.5) is 0 Å². The summed E-state index contributed by atoms with van der Waals surface area (Å²) in [5.41, 5.74) is -1.34. The lowest BCUT2D eigenvalue weighted by atomic mass is 9.98. The summed E-state index contributed by atoms with van der Waals surface area (Å²) in [5, 5.41) is 11.8. The van der Waals surface area contributed by atoms with E-state index in [4.69, 9.17) is 4.74 Å². The van der Waals surface area contributed by atoms with Crippen LogP contribution in [0, 0.1) is 0 Å². The van der Waals surface area contributed by atoms with Gasteiger partial charge in [-0.2, -0.15) is 0 Å². The average molecular weight is 314 g/mol. The van der Waals surface area contributed by atoms with E-state index in [0.717, 1.165) is 12.8 Å². The predicted molar refractivity (Wildman–Crippen MR) is 80.3 cm³/mol. The number of nitrogens with one attached hydrogen (secondary N) is 1. The summed E-state index contributed by atoms with van der Waals surface area (Å²) in [4.78, 5) is 37.1. The Bertz CT molecular complexity index is 399. The van der Waals surface area contributed by atoms with Gasteiger partial charge in [0.1, 0.15) is 0 Å². The Hall–Kier alpha value is -1.63. The van der Waals surface area contributed by atoms with E-state index in [0.29, 0.717) is 19.7 Å². The number of carboxylic acid groups (broad SMARTS) is 1. The Kier molecular flexibility index (Phi) is 7.31. The Morgan fingerprint density at radius 1 is 1.18 bits per heavy atom. The molecule has 0 spiro atoms. The number of carbonyl (C=O) groups is 3. The minimum absolute atomic E-state index is 0.00219. The number of carboxylic acids is 1. The van der Waals surface area contributed by atoms with Crippen molar-refractivity contribution in [3.8, 4) is 0 Å². The van der Waals surface area contributed by atoms with Gasteiger partial charge >= 0.3 is 5.97 Å². The van der Waals surface area contributed by atoms with Crippen molar-refractivity contribution in [3.05, 3.63) is 0 Å². The molecule has 0 saturated carbocycles. The molecular weight excluding hydrogens is 288 g/mol. The van der Waals surface area contributed by atoms with Crippen LogP contribution in [0.3, 0.4) is 0 Å². The minimum Gasteiger partial charge on any atom is -0.479 e. The van der Waals surface area contributed by atoms with Gasteiger partial charge in [0.2, 0.25) is 11.8 Å². The normalized spacial score (nSPS) is 20.6. The second-order valence-electron chi connectivity index (χ2n) is 5.62. The molecule has 1 aliphatic rings. The molecule has 0 aliphatic carbocycles. The number of aliphatic carboxylic acids is 1. The van der Waals surface area contributed by atoms with Crippen LogP contribution < -0.4 is 5.32 Å². The van der Waals surface area contributed by atoms with E-state index in [9.17, 15) is 19.5 Å². The van der Waals surface area contributed by atoms with E-state index in [1.807, 2.05) is 13.8 Å². The van der Waals surface area contributed by atoms with Crippen LogP contribution in [0.5, 0.6) is 0 Å². The molecule has 1 aliphatic heterocycles. The molecule has 22 heavy (non-hydrogen) atoms. The van der Waals surface area contributed by atoms with Crippen molar-refractivity contribution in [2.45, 2.75) is 51.5 Å². The highest BCUT2D eigenvalue weighted by molar-refractivity contribution is 5.89. The average Bonchev–Trinajstić information content (AvgIpc) is 2.94. The van der Waals surface area contributed by atoms with E-state index in [-0.39, 0.29) is 31.8 Å².